The summed E-state index contributed by atoms with van der Waals surface area (Å²) < 4.78 is 46.0. The van der Waals surface area contributed by atoms with Crippen LogP contribution in [0.1, 0.15) is 87.5 Å². The van der Waals surface area contributed by atoms with Crippen LogP contribution < -0.4 is 10.2 Å². The number of rotatable bonds is 10. The summed E-state index contributed by atoms with van der Waals surface area (Å²) in [5, 5.41) is 4.40. The van der Waals surface area contributed by atoms with E-state index in [1.807, 2.05) is 0 Å². The van der Waals surface area contributed by atoms with Gasteiger partial charge in [0.1, 0.15) is 17.2 Å². The zero-order chi connectivity index (χ0) is 34.0. The van der Waals surface area contributed by atoms with Gasteiger partial charge < -0.3 is 19.1 Å². The fourth-order valence-corrected chi connectivity index (χ4v) is 6.41. The Balaban J connectivity index is 1.48. The molecule has 2 aromatic carbocycles. The number of carbonyl (C=O) groups excluding carboxylic acids is 3. The molecule has 0 bridgehead atoms. The molecule has 250 valence electrons. The zero-order valence-electron chi connectivity index (χ0n) is 27.1. The second-order valence-corrected chi connectivity index (χ2v) is 13.3. The monoisotopic (exact) mass is 651 g/mol. The van der Waals surface area contributed by atoms with Crippen LogP contribution in [0, 0.1) is 23.5 Å². The quantitative estimate of drug-likeness (QED) is 0.212. The number of hydrogen-bond donors (Lipinski definition) is 0. The summed E-state index contributed by atoms with van der Waals surface area (Å²) in [6, 6.07) is 11.0. The van der Waals surface area contributed by atoms with E-state index in [0.717, 1.165) is 6.20 Å². The van der Waals surface area contributed by atoms with E-state index in [2.05, 4.69) is 5.10 Å². The van der Waals surface area contributed by atoms with Crippen molar-refractivity contribution in [2.24, 2.45) is 11.8 Å². The standard InChI is InChI=1S/C35H39F2N3O7/c1-20(2)25(17-28(42)47-35(3,4)5)34(44)46-19-45-32-27(41)18-38-40-30(26-7-6-16-39(26)33(43)31(32)40)29(21-8-12-23(36)13-9-21)22-10-14-24(37)15-11-22/h8-15,18,20,25-26,29-30H,6-7,16-17,19H2,1-5H3/t25-,26+,30+/m0/s1. The van der Waals surface area contributed by atoms with Crippen molar-refractivity contribution in [3.8, 4) is 5.75 Å². The van der Waals surface area contributed by atoms with Gasteiger partial charge in [-0.15, -0.1) is 0 Å². The normalized spacial score (nSPS) is 18.1. The first kappa shape index (κ1) is 33.7. The highest BCUT2D eigenvalue weighted by Gasteiger charge is 2.48. The molecule has 1 aromatic heterocycles. The highest BCUT2D eigenvalue weighted by atomic mass is 19.1. The van der Waals surface area contributed by atoms with Gasteiger partial charge in [-0.1, -0.05) is 38.1 Å². The van der Waals surface area contributed by atoms with Gasteiger partial charge in [-0.05, 0) is 74.9 Å². The van der Waals surface area contributed by atoms with E-state index in [9.17, 15) is 28.0 Å². The Labute approximate surface area is 271 Å². The summed E-state index contributed by atoms with van der Waals surface area (Å²) in [4.78, 5) is 54.2. The first-order chi connectivity index (χ1) is 22.2. The first-order valence-corrected chi connectivity index (χ1v) is 15.7. The molecule has 0 spiro atoms. The molecule has 3 heterocycles. The van der Waals surface area contributed by atoms with Crippen LogP contribution >= 0.6 is 0 Å². The van der Waals surface area contributed by atoms with Gasteiger partial charge >= 0.3 is 11.9 Å². The van der Waals surface area contributed by atoms with E-state index >= 15 is 0 Å². The molecule has 1 fully saturated rings. The molecule has 3 aromatic rings. The second kappa shape index (κ2) is 13.6. The van der Waals surface area contributed by atoms with Crippen molar-refractivity contribution >= 4 is 17.8 Å². The number of amides is 1. The van der Waals surface area contributed by atoms with Crippen molar-refractivity contribution in [1.82, 2.24) is 14.7 Å². The van der Waals surface area contributed by atoms with Gasteiger partial charge in [0, 0.05) is 12.5 Å². The minimum atomic E-state index is -0.829. The van der Waals surface area contributed by atoms with Crippen molar-refractivity contribution in [2.45, 2.75) is 77.5 Å². The van der Waals surface area contributed by atoms with Crippen LogP contribution in [0.15, 0.2) is 59.5 Å². The average Bonchev–Trinajstić information content (AvgIpc) is 3.49. The summed E-state index contributed by atoms with van der Waals surface area (Å²) in [5.41, 5.74) is -0.112. The van der Waals surface area contributed by atoms with E-state index in [1.54, 1.807) is 63.8 Å². The number of aromatic nitrogens is 2. The fourth-order valence-electron chi connectivity index (χ4n) is 6.41. The number of benzene rings is 2. The predicted octanol–water partition coefficient (Wildman–Crippen LogP) is 5.40. The highest BCUT2D eigenvalue weighted by molar-refractivity contribution is 5.96. The zero-order valence-corrected chi connectivity index (χ0v) is 27.1. The molecule has 0 saturated carbocycles. The lowest BCUT2D eigenvalue weighted by Crippen LogP contribution is -2.51. The lowest BCUT2D eigenvalue weighted by Gasteiger charge is -2.42. The number of ether oxygens (including phenoxy) is 3. The number of hydrogen-bond acceptors (Lipinski definition) is 8. The van der Waals surface area contributed by atoms with Gasteiger partial charge in [-0.2, -0.15) is 5.10 Å². The van der Waals surface area contributed by atoms with Crippen LogP contribution in [-0.4, -0.2) is 57.5 Å². The molecule has 2 aliphatic heterocycles. The SMILES string of the molecule is CC(C)[C@H](CC(=O)OC(C)(C)C)C(=O)OCOc1c2n(ncc1=O)[C@@H](C(c1ccc(F)cc1)c1ccc(F)cc1)[C@H]1CCCN1C2=O. The molecule has 5 rings (SSSR count). The lowest BCUT2D eigenvalue weighted by molar-refractivity contribution is -0.166. The van der Waals surface area contributed by atoms with Crippen molar-refractivity contribution < 1.29 is 37.4 Å². The maximum atomic E-state index is 14.0. The Morgan fingerprint density at radius 3 is 2.13 bits per heavy atom. The second-order valence-electron chi connectivity index (χ2n) is 13.3. The summed E-state index contributed by atoms with van der Waals surface area (Å²) >= 11 is 0. The molecule has 47 heavy (non-hydrogen) atoms. The molecule has 0 aliphatic carbocycles. The predicted molar refractivity (Wildman–Crippen MR) is 167 cm³/mol. The Morgan fingerprint density at radius 1 is 0.979 bits per heavy atom. The van der Waals surface area contributed by atoms with Crippen molar-refractivity contribution in [3.05, 3.63) is 93.4 Å². The van der Waals surface area contributed by atoms with Gasteiger partial charge in [0.2, 0.25) is 18.0 Å². The number of halogens is 2. The van der Waals surface area contributed by atoms with Gasteiger partial charge in [-0.3, -0.25) is 23.9 Å². The van der Waals surface area contributed by atoms with Crippen LogP contribution in [0.5, 0.6) is 5.75 Å². The van der Waals surface area contributed by atoms with Gasteiger partial charge in [0.15, 0.2) is 5.69 Å². The molecule has 1 saturated heterocycles. The van der Waals surface area contributed by atoms with Crippen LogP contribution in [0.2, 0.25) is 0 Å². The molecular formula is C35H39F2N3O7. The Bertz CT molecular complexity index is 1640. The van der Waals surface area contributed by atoms with Crippen molar-refractivity contribution in [1.29, 1.82) is 0 Å². The van der Waals surface area contributed by atoms with Gasteiger partial charge in [0.05, 0.1) is 30.6 Å². The summed E-state index contributed by atoms with van der Waals surface area (Å²) in [6.45, 7) is 8.47. The number of nitrogens with zero attached hydrogens (tertiary/aromatic N) is 3. The molecule has 12 heteroatoms. The average molecular weight is 652 g/mol. The van der Waals surface area contributed by atoms with Gasteiger partial charge in [0.25, 0.3) is 5.91 Å². The van der Waals surface area contributed by atoms with E-state index < -0.39 is 65.2 Å². The van der Waals surface area contributed by atoms with E-state index in [1.165, 1.54) is 28.9 Å². The third-order valence-corrected chi connectivity index (χ3v) is 8.52. The minimum Gasteiger partial charge on any atom is -0.460 e. The van der Waals surface area contributed by atoms with Crippen LogP contribution in [0.4, 0.5) is 8.78 Å². The maximum Gasteiger partial charge on any atom is 0.312 e. The number of esters is 2. The molecule has 0 unspecified atom stereocenters. The topological polar surface area (TPSA) is 117 Å². The molecule has 2 aliphatic rings. The fraction of sp³-hybridized carbons (Fsp3) is 0.457. The minimum absolute atomic E-state index is 0.111. The summed E-state index contributed by atoms with van der Waals surface area (Å²) in [5.74, 6) is -4.53. The Morgan fingerprint density at radius 2 is 1.57 bits per heavy atom. The molecule has 10 nitrogen and oxygen atoms in total. The molecular weight excluding hydrogens is 612 g/mol. The smallest absolute Gasteiger partial charge is 0.312 e. The van der Waals surface area contributed by atoms with Crippen LogP contribution in [0.25, 0.3) is 0 Å². The summed E-state index contributed by atoms with van der Waals surface area (Å²) in [6.07, 6.45) is 2.18. The molecule has 0 radical (unpaired) electrons. The molecule has 0 N–H and O–H groups in total. The third-order valence-electron chi connectivity index (χ3n) is 8.52. The Hall–Kier alpha value is -4.61. The van der Waals surface area contributed by atoms with Crippen LogP contribution in [0.3, 0.4) is 0 Å². The number of fused-ring (bicyclic) bond motifs is 2. The van der Waals surface area contributed by atoms with Crippen LogP contribution in [-0.2, 0) is 19.1 Å². The maximum absolute atomic E-state index is 14.0. The lowest BCUT2D eigenvalue weighted by atomic mass is 9.80. The van der Waals surface area contributed by atoms with E-state index in [-0.39, 0.29) is 29.8 Å². The van der Waals surface area contributed by atoms with Crippen molar-refractivity contribution in [2.75, 3.05) is 13.3 Å². The third kappa shape index (κ3) is 7.36. The van der Waals surface area contributed by atoms with Gasteiger partial charge in [-0.25, -0.2) is 8.78 Å². The highest BCUT2D eigenvalue weighted by Crippen LogP contribution is 2.46. The Kier molecular flexibility index (Phi) is 9.78. The van der Waals surface area contributed by atoms with E-state index in [4.69, 9.17) is 14.2 Å². The van der Waals surface area contributed by atoms with Crippen molar-refractivity contribution in [3.63, 3.8) is 0 Å². The summed E-state index contributed by atoms with van der Waals surface area (Å²) in [7, 11) is 0. The largest absolute Gasteiger partial charge is 0.460 e. The van der Waals surface area contributed by atoms with E-state index in [0.29, 0.717) is 30.5 Å². The molecule has 1 amide bonds. The number of carbonyl (C=O) groups is 3. The first-order valence-electron chi connectivity index (χ1n) is 15.7. The molecule has 3 atom stereocenters.